The molecule has 2 aromatic carbocycles. The zero-order valence-corrected chi connectivity index (χ0v) is 11.8. The van der Waals surface area contributed by atoms with E-state index in [-0.39, 0.29) is 22.6 Å². The Hall–Kier alpha value is -1.92. The highest BCUT2D eigenvalue weighted by molar-refractivity contribution is 8.76. The molecule has 0 amide bonds. The van der Waals surface area contributed by atoms with Gasteiger partial charge in [0.1, 0.15) is 11.5 Å². The second-order valence-electron chi connectivity index (χ2n) is 3.84. The summed E-state index contributed by atoms with van der Waals surface area (Å²) in [6.07, 6.45) is 1.18. The first-order chi connectivity index (χ1) is 9.63. The summed E-state index contributed by atoms with van der Waals surface area (Å²) in [5.74, 6) is -0.107. The molecule has 0 aliphatic rings. The van der Waals surface area contributed by atoms with Crippen molar-refractivity contribution in [1.82, 2.24) is 0 Å². The van der Waals surface area contributed by atoms with Gasteiger partial charge in [-0.1, -0.05) is 21.6 Å². The predicted octanol–water partition coefficient (Wildman–Crippen LogP) is 3.52. The molecule has 0 radical (unpaired) electrons. The highest BCUT2D eigenvalue weighted by atomic mass is 33.1. The van der Waals surface area contributed by atoms with Crippen LogP contribution in [0.3, 0.4) is 0 Å². The molecule has 2 rings (SSSR count). The van der Waals surface area contributed by atoms with Crippen LogP contribution in [0.4, 0.5) is 0 Å². The number of hydrogen-bond donors (Lipinski definition) is 2. The van der Waals surface area contributed by atoms with Gasteiger partial charge >= 0.3 is 0 Å². The van der Waals surface area contributed by atoms with Gasteiger partial charge in [0.15, 0.2) is 12.6 Å². The Morgan fingerprint density at radius 3 is 1.50 bits per heavy atom. The largest absolute Gasteiger partial charge is 0.507 e. The Morgan fingerprint density at radius 1 is 0.750 bits per heavy atom. The van der Waals surface area contributed by atoms with Crippen molar-refractivity contribution in [3.8, 4) is 11.5 Å². The number of aldehydes is 2. The van der Waals surface area contributed by atoms with Crippen LogP contribution in [0.2, 0.25) is 0 Å². The Morgan fingerprint density at radius 2 is 1.15 bits per heavy atom. The summed E-state index contributed by atoms with van der Waals surface area (Å²) in [6.45, 7) is 0. The minimum atomic E-state index is -0.0535. The maximum Gasteiger partial charge on any atom is 0.153 e. The van der Waals surface area contributed by atoms with E-state index in [1.54, 1.807) is 24.3 Å². The molecule has 0 saturated carbocycles. The molecule has 0 spiro atoms. The van der Waals surface area contributed by atoms with Crippen molar-refractivity contribution in [2.45, 2.75) is 9.79 Å². The van der Waals surface area contributed by atoms with Crippen molar-refractivity contribution in [2.75, 3.05) is 0 Å². The molecule has 0 bridgehead atoms. The SMILES string of the molecule is O=Cc1cc(SSc2ccc(O)c(C=O)c2)ccc1O. The van der Waals surface area contributed by atoms with Crippen LogP contribution in [0.15, 0.2) is 46.2 Å². The molecule has 0 saturated heterocycles. The van der Waals surface area contributed by atoms with Gasteiger partial charge < -0.3 is 10.2 Å². The lowest BCUT2D eigenvalue weighted by molar-refractivity contribution is 0.111. The standard InChI is InChI=1S/C14H10O4S2/c15-7-9-5-11(1-3-13(9)17)19-20-12-2-4-14(18)10(6-12)8-16/h1-8,17-18H. The molecule has 2 aromatic rings. The molecule has 6 heteroatoms. The zero-order valence-electron chi connectivity index (χ0n) is 10.1. The van der Waals surface area contributed by atoms with E-state index < -0.39 is 0 Å². The lowest BCUT2D eigenvalue weighted by Gasteiger charge is -2.04. The Balaban J connectivity index is 2.12. The number of benzene rings is 2. The molecule has 0 fully saturated rings. The smallest absolute Gasteiger partial charge is 0.153 e. The molecule has 4 nitrogen and oxygen atoms in total. The van der Waals surface area contributed by atoms with Gasteiger partial charge in [-0.05, 0) is 36.4 Å². The van der Waals surface area contributed by atoms with Gasteiger partial charge in [-0.2, -0.15) is 0 Å². The van der Waals surface area contributed by atoms with Crippen molar-refractivity contribution in [2.24, 2.45) is 0 Å². The van der Waals surface area contributed by atoms with Crippen LogP contribution < -0.4 is 0 Å². The third-order valence-corrected chi connectivity index (χ3v) is 4.87. The summed E-state index contributed by atoms with van der Waals surface area (Å²) in [5.41, 5.74) is 0.463. The van der Waals surface area contributed by atoms with E-state index in [0.717, 1.165) is 9.79 Å². The monoisotopic (exact) mass is 306 g/mol. The number of aromatic hydroxyl groups is 2. The number of carbonyl (C=O) groups is 2. The molecule has 0 heterocycles. The molecule has 0 unspecified atom stereocenters. The van der Waals surface area contributed by atoms with Gasteiger partial charge in [-0.25, -0.2) is 0 Å². The average molecular weight is 306 g/mol. The lowest BCUT2D eigenvalue weighted by Crippen LogP contribution is -1.82. The first-order valence-electron chi connectivity index (χ1n) is 5.55. The van der Waals surface area contributed by atoms with Crippen LogP contribution >= 0.6 is 21.6 Å². The highest BCUT2D eigenvalue weighted by Gasteiger charge is 2.05. The fraction of sp³-hybridized carbons (Fsp3) is 0. The highest BCUT2D eigenvalue weighted by Crippen LogP contribution is 2.39. The number of rotatable bonds is 5. The van der Waals surface area contributed by atoms with E-state index in [2.05, 4.69) is 0 Å². The first kappa shape index (κ1) is 14.5. The maximum atomic E-state index is 10.7. The number of phenolic OH excluding ortho intramolecular Hbond substituents is 2. The zero-order chi connectivity index (χ0) is 14.5. The number of phenols is 2. The second kappa shape index (κ2) is 6.49. The molecule has 102 valence electrons. The van der Waals surface area contributed by atoms with Crippen molar-refractivity contribution >= 4 is 34.2 Å². The number of hydrogen-bond acceptors (Lipinski definition) is 6. The van der Waals surface area contributed by atoms with Crippen molar-refractivity contribution in [1.29, 1.82) is 0 Å². The molecule has 0 atom stereocenters. The minimum Gasteiger partial charge on any atom is -0.507 e. The third kappa shape index (κ3) is 3.34. The quantitative estimate of drug-likeness (QED) is 0.650. The molecular weight excluding hydrogens is 296 g/mol. The average Bonchev–Trinajstić information content (AvgIpc) is 2.47. The summed E-state index contributed by atoms with van der Waals surface area (Å²) in [4.78, 5) is 23.1. The molecule has 2 N–H and O–H groups in total. The van der Waals surface area contributed by atoms with Crippen molar-refractivity contribution in [3.63, 3.8) is 0 Å². The van der Waals surface area contributed by atoms with Crippen LogP contribution in [0.25, 0.3) is 0 Å². The molecular formula is C14H10O4S2. The fourth-order valence-corrected chi connectivity index (χ4v) is 3.44. The number of carbonyl (C=O) groups excluding carboxylic acids is 2. The van der Waals surface area contributed by atoms with Gasteiger partial charge in [0.2, 0.25) is 0 Å². The molecule has 20 heavy (non-hydrogen) atoms. The predicted molar refractivity (Wildman–Crippen MR) is 78.7 cm³/mol. The van der Waals surface area contributed by atoms with Crippen LogP contribution in [0, 0.1) is 0 Å². The normalized spacial score (nSPS) is 10.2. The Labute approximate surface area is 123 Å². The Bertz CT molecular complexity index is 598. The van der Waals surface area contributed by atoms with Crippen LogP contribution in [0.5, 0.6) is 11.5 Å². The van der Waals surface area contributed by atoms with E-state index in [4.69, 9.17) is 0 Å². The molecule has 0 aliphatic carbocycles. The van der Waals surface area contributed by atoms with Gasteiger partial charge in [0.25, 0.3) is 0 Å². The van der Waals surface area contributed by atoms with E-state index >= 15 is 0 Å². The van der Waals surface area contributed by atoms with E-state index in [1.807, 2.05) is 0 Å². The summed E-state index contributed by atoms with van der Waals surface area (Å²) < 4.78 is 0. The first-order valence-corrected chi connectivity index (χ1v) is 7.70. The lowest BCUT2D eigenvalue weighted by atomic mass is 10.2. The topological polar surface area (TPSA) is 74.6 Å². The van der Waals surface area contributed by atoms with Gasteiger partial charge in [0.05, 0.1) is 11.1 Å². The summed E-state index contributed by atoms with van der Waals surface area (Å²) in [6, 6.07) is 9.48. The molecule has 0 aliphatic heterocycles. The van der Waals surface area contributed by atoms with Crippen LogP contribution in [-0.4, -0.2) is 22.8 Å². The van der Waals surface area contributed by atoms with E-state index in [0.29, 0.717) is 12.6 Å². The summed E-state index contributed by atoms with van der Waals surface area (Å²) >= 11 is 0. The summed E-state index contributed by atoms with van der Waals surface area (Å²) in [5, 5.41) is 18.8. The van der Waals surface area contributed by atoms with Crippen LogP contribution in [0.1, 0.15) is 20.7 Å². The van der Waals surface area contributed by atoms with Crippen LogP contribution in [-0.2, 0) is 0 Å². The summed E-state index contributed by atoms with van der Waals surface area (Å²) in [7, 11) is 2.77. The Kier molecular flexibility index (Phi) is 4.70. The fourth-order valence-electron chi connectivity index (χ4n) is 1.45. The third-order valence-electron chi connectivity index (χ3n) is 2.49. The van der Waals surface area contributed by atoms with Gasteiger partial charge in [0, 0.05) is 9.79 Å². The van der Waals surface area contributed by atoms with Gasteiger partial charge in [-0.3, -0.25) is 9.59 Å². The second-order valence-corrected chi connectivity index (χ2v) is 6.12. The van der Waals surface area contributed by atoms with Crippen molar-refractivity contribution < 1.29 is 19.8 Å². The van der Waals surface area contributed by atoms with E-state index in [9.17, 15) is 19.8 Å². The van der Waals surface area contributed by atoms with E-state index in [1.165, 1.54) is 33.7 Å². The molecule has 0 aromatic heterocycles. The minimum absolute atomic E-state index is 0.0535. The maximum absolute atomic E-state index is 10.7. The van der Waals surface area contributed by atoms with Gasteiger partial charge in [-0.15, -0.1) is 0 Å². The van der Waals surface area contributed by atoms with Crippen molar-refractivity contribution in [3.05, 3.63) is 47.5 Å².